The zero-order chi connectivity index (χ0) is 19.1. The molecule has 6 nitrogen and oxygen atoms in total. The molecule has 2 fully saturated rings. The number of piperazine rings is 1. The van der Waals surface area contributed by atoms with Crippen molar-refractivity contribution in [2.24, 2.45) is 0 Å². The van der Waals surface area contributed by atoms with Crippen LogP contribution in [0.4, 0.5) is 5.69 Å². The highest BCUT2D eigenvalue weighted by molar-refractivity contribution is 6.33. The lowest BCUT2D eigenvalue weighted by Gasteiger charge is -2.39. The molecule has 2 amide bonds. The van der Waals surface area contributed by atoms with E-state index in [4.69, 9.17) is 11.6 Å². The number of para-hydroxylation sites is 1. The molecule has 0 bridgehead atoms. The molecule has 0 radical (unpaired) electrons. The summed E-state index contributed by atoms with van der Waals surface area (Å²) in [5.74, 6) is 0.904. The fourth-order valence-electron chi connectivity index (χ4n) is 3.41. The van der Waals surface area contributed by atoms with Crippen molar-refractivity contribution >= 4 is 29.1 Å². The number of amides is 2. The SMILES string of the molecule is Cc1nc(C2CC2)ncc1C(=O)N1CC(=O)N(c2ccccc2Cl)C[C@H]1C. The van der Waals surface area contributed by atoms with E-state index in [0.717, 1.165) is 18.7 Å². The fraction of sp³-hybridized carbons (Fsp3) is 0.400. The van der Waals surface area contributed by atoms with E-state index in [0.29, 0.717) is 34.4 Å². The van der Waals surface area contributed by atoms with Crippen LogP contribution in [0.3, 0.4) is 0 Å². The average Bonchev–Trinajstić information content (AvgIpc) is 3.48. The summed E-state index contributed by atoms with van der Waals surface area (Å²) in [5.41, 5.74) is 1.81. The molecule has 0 spiro atoms. The summed E-state index contributed by atoms with van der Waals surface area (Å²) in [6.07, 6.45) is 3.83. The molecule has 1 saturated carbocycles. The van der Waals surface area contributed by atoms with Gasteiger partial charge in [0.25, 0.3) is 5.91 Å². The molecule has 1 aromatic heterocycles. The largest absolute Gasteiger partial charge is 0.325 e. The highest BCUT2D eigenvalue weighted by atomic mass is 35.5. The van der Waals surface area contributed by atoms with Gasteiger partial charge in [0.1, 0.15) is 12.4 Å². The highest BCUT2D eigenvalue weighted by Gasteiger charge is 2.35. The summed E-state index contributed by atoms with van der Waals surface area (Å²) < 4.78 is 0. The van der Waals surface area contributed by atoms with Gasteiger partial charge < -0.3 is 9.80 Å². The number of aromatic nitrogens is 2. The Bertz CT molecular complexity index is 913. The number of anilines is 1. The molecule has 0 unspecified atom stereocenters. The minimum Gasteiger partial charge on any atom is -0.325 e. The molecule has 140 valence electrons. The van der Waals surface area contributed by atoms with Crippen LogP contribution in [0.15, 0.2) is 30.5 Å². The van der Waals surface area contributed by atoms with Crippen LogP contribution in [0.5, 0.6) is 0 Å². The van der Waals surface area contributed by atoms with Crippen LogP contribution in [0.1, 0.15) is 47.6 Å². The quantitative estimate of drug-likeness (QED) is 0.815. The van der Waals surface area contributed by atoms with Gasteiger partial charge in [0.05, 0.1) is 22.0 Å². The van der Waals surface area contributed by atoms with Gasteiger partial charge in [-0.1, -0.05) is 23.7 Å². The van der Waals surface area contributed by atoms with Crippen LogP contribution < -0.4 is 4.90 Å². The number of carbonyl (C=O) groups excluding carboxylic acids is 2. The fourth-order valence-corrected chi connectivity index (χ4v) is 3.65. The standard InChI is InChI=1S/C20H21ClN4O2/c1-12-10-25(17-6-4-3-5-16(17)21)18(26)11-24(12)20(27)15-9-22-19(14-7-8-14)23-13(15)2/h3-6,9,12,14H,7-8,10-11H2,1-2H3/t12-/m1/s1. The molecule has 2 aliphatic rings. The molecule has 1 saturated heterocycles. The van der Waals surface area contributed by atoms with Crippen molar-refractivity contribution in [1.29, 1.82) is 0 Å². The van der Waals surface area contributed by atoms with Gasteiger partial charge in [-0.15, -0.1) is 0 Å². The van der Waals surface area contributed by atoms with Crippen LogP contribution >= 0.6 is 11.6 Å². The van der Waals surface area contributed by atoms with Gasteiger partial charge in [0.2, 0.25) is 5.91 Å². The van der Waals surface area contributed by atoms with E-state index in [-0.39, 0.29) is 24.4 Å². The summed E-state index contributed by atoms with van der Waals surface area (Å²) in [6, 6.07) is 7.11. The van der Waals surface area contributed by atoms with Crippen LogP contribution in [-0.2, 0) is 4.79 Å². The number of carbonyl (C=O) groups is 2. The molecule has 4 rings (SSSR count). The van der Waals surface area contributed by atoms with Crippen LogP contribution in [0.2, 0.25) is 5.02 Å². The molecule has 2 heterocycles. The van der Waals surface area contributed by atoms with Gasteiger partial charge in [-0.2, -0.15) is 0 Å². The third-order valence-corrected chi connectivity index (χ3v) is 5.48. The van der Waals surface area contributed by atoms with E-state index in [1.54, 1.807) is 22.1 Å². The van der Waals surface area contributed by atoms with Crippen molar-refractivity contribution in [3.05, 3.63) is 52.6 Å². The van der Waals surface area contributed by atoms with Gasteiger partial charge in [-0.25, -0.2) is 9.97 Å². The Morgan fingerprint density at radius 1 is 1.26 bits per heavy atom. The number of rotatable bonds is 3. The van der Waals surface area contributed by atoms with Gasteiger partial charge in [-0.05, 0) is 38.8 Å². The van der Waals surface area contributed by atoms with Gasteiger partial charge >= 0.3 is 0 Å². The van der Waals surface area contributed by atoms with Crippen molar-refractivity contribution in [2.75, 3.05) is 18.0 Å². The first-order valence-electron chi connectivity index (χ1n) is 9.15. The third-order valence-electron chi connectivity index (χ3n) is 5.16. The summed E-state index contributed by atoms with van der Waals surface area (Å²) in [5, 5.41) is 0.526. The normalized spacial score (nSPS) is 20.1. The Balaban J connectivity index is 1.54. The molecule has 7 heteroatoms. The van der Waals surface area contributed by atoms with E-state index < -0.39 is 0 Å². The molecular weight excluding hydrogens is 364 g/mol. The Hall–Kier alpha value is -2.47. The Kier molecular flexibility index (Phi) is 4.60. The van der Waals surface area contributed by atoms with Gasteiger partial charge in [-0.3, -0.25) is 9.59 Å². The zero-order valence-corrected chi connectivity index (χ0v) is 16.1. The minimum absolute atomic E-state index is 0.00897. The topological polar surface area (TPSA) is 66.4 Å². The molecule has 1 aromatic carbocycles. The lowest BCUT2D eigenvalue weighted by Crippen LogP contribution is -2.57. The van der Waals surface area contributed by atoms with Crippen LogP contribution in [-0.4, -0.2) is 45.8 Å². The van der Waals surface area contributed by atoms with E-state index in [1.807, 2.05) is 32.0 Å². The molecule has 2 aromatic rings. The number of aryl methyl sites for hydroxylation is 1. The smallest absolute Gasteiger partial charge is 0.258 e. The number of benzene rings is 1. The summed E-state index contributed by atoms with van der Waals surface area (Å²) in [7, 11) is 0. The third kappa shape index (κ3) is 3.41. The first-order chi connectivity index (χ1) is 13.0. The lowest BCUT2D eigenvalue weighted by atomic mass is 10.1. The highest BCUT2D eigenvalue weighted by Crippen LogP contribution is 2.38. The van der Waals surface area contributed by atoms with E-state index in [9.17, 15) is 9.59 Å². The van der Waals surface area contributed by atoms with Crippen molar-refractivity contribution in [1.82, 2.24) is 14.9 Å². The maximum atomic E-state index is 13.0. The zero-order valence-electron chi connectivity index (χ0n) is 15.4. The second kappa shape index (κ2) is 6.93. The number of hydrogen-bond donors (Lipinski definition) is 0. The van der Waals surface area contributed by atoms with Gasteiger partial charge in [0.15, 0.2) is 0 Å². The van der Waals surface area contributed by atoms with E-state index >= 15 is 0 Å². The first kappa shape index (κ1) is 17.9. The Morgan fingerprint density at radius 2 is 2.00 bits per heavy atom. The Labute approximate surface area is 163 Å². The summed E-state index contributed by atoms with van der Waals surface area (Å²) in [6.45, 7) is 4.17. The van der Waals surface area contributed by atoms with Crippen molar-refractivity contribution in [2.45, 2.75) is 38.6 Å². The second-order valence-corrected chi connectivity index (χ2v) is 7.65. The molecule has 1 aliphatic heterocycles. The van der Waals surface area contributed by atoms with E-state index in [1.165, 1.54) is 0 Å². The maximum Gasteiger partial charge on any atom is 0.258 e. The number of hydrogen-bond acceptors (Lipinski definition) is 4. The predicted molar refractivity (Wildman–Crippen MR) is 103 cm³/mol. The average molecular weight is 385 g/mol. The first-order valence-corrected chi connectivity index (χ1v) is 9.53. The number of nitrogens with zero attached hydrogens (tertiary/aromatic N) is 4. The predicted octanol–water partition coefficient (Wildman–Crippen LogP) is 3.19. The van der Waals surface area contributed by atoms with Gasteiger partial charge in [0, 0.05) is 24.7 Å². The molecule has 1 atom stereocenters. The maximum absolute atomic E-state index is 13.0. The second-order valence-electron chi connectivity index (χ2n) is 7.24. The monoisotopic (exact) mass is 384 g/mol. The minimum atomic E-state index is -0.200. The molecular formula is C20H21ClN4O2. The summed E-state index contributed by atoms with van der Waals surface area (Å²) >= 11 is 6.24. The molecule has 0 N–H and O–H groups in total. The van der Waals surface area contributed by atoms with Crippen LogP contribution in [0, 0.1) is 6.92 Å². The van der Waals surface area contributed by atoms with Crippen molar-refractivity contribution in [3.8, 4) is 0 Å². The van der Waals surface area contributed by atoms with Crippen molar-refractivity contribution < 1.29 is 9.59 Å². The van der Waals surface area contributed by atoms with Crippen molar-refractivity contribution in [3.63, 3.8) is 0 Å². The number of halogens is 1. The summed E-state index contributed by atoms with van der Waals surface area (Å²) in [4.78, 5) is 37.9. The molecule has 27 heavy (non-hydrogen) atoms. The lowest BCUT2D eigenvalue weighted by molar-refractivity contribution is -0.121. The molecule has 1 aliphatic carbocycles. The van der Waals surface area contributed by atoms with Crippen LogP contribution in [0.25, 0.3) is 0 Å². The Morgan fingerprint density at radius 3 is 2.67 bits per heavy atom. The van der Waals surface area contributed by atoms with E-state index in [2.05, 4.69) is 9.97 Å².